The fraction of sp³-hybridized carbons (Fsp3) is 1.00. The van der Waals surface area contributed by atoms with Crippen LogP contribution in [0.4, 0.5) is 0 Å². The minimum atomic E-state index is -1.17. The third-order valence-electron chi connectivity index (χ3n) is 4.11. The predicted octanol–water partition coefficient (Wildman–Crippen LogP) is 5.51. The molecule has 0 radical (unpaired) electrons. The van der Waals surface area contributed by atoms with E-state index >= 15 is 0 Å². The van der Waals surface area contributed by atoms with Gasteiger partial charge in [0.1, 0.15) is 0 Å². The molecule has 0 aromatic heterocycles. The van der Waals surface area contributed by atoms with Crippen molar-refractivity contribution in [3.05, 3.63) is 0 Å². The zero-order valence-corrected chi connectivity index (χ0v) is 13.1. The van der Waals surface area contributed by atoms with Gasteiger partial charge in [-0.1, -0.05) is 64.7 Å². The van der Waals surface area contributed by atoms with E-state index in [0.717, 1.165) is 6.61 Å². The van der Waals surface area contributed by atoms with Gasteiger partial charge < -0.3 is 4.43 Å². The molecule has 102 valence electrons. The van der Waals surface area contributed by atoms with Crippen molar-refractivity contribution >= 4 is 8.32 Å². The fourth-order valence-corrected chi connectivity index (χ4v) is 5.99. The highest BCUT2D eigenvalue weighted by Crippen LogP contribution is 2.30. The molecule has 0 bridgehead atoms. The van der Waals surface area contributed by atoms with Crippen molar-refractivity contribution in [3.8, 4) is 0 Å². The molecule has 2 heteroatoms. The van der Waals surface area contributed by atoms with E-state index in [1.54, 1.807) is 0 Å². The second-order valence-corrected chi connectivity index (χ2v) is 10.2. The van der Waals surface area contributed by atoms with Crippen molar-refractivity contribution in [2.45, 2.75) is 89.8 Å². The van der Waals surface area contributed by atoms with Crippen molar-refractivity contribution in [2.75, 3.05) is 6.61 Å². The second-order valence-electron chi connectivity index (χ2n) is 5.98. The lowest BCUT2D eigenvalue weighted by Gasteiger charge is -2.21. The van der Waals surface area contributed by atoms with Gasteiger partial charge in [0.2, 0.25) is 0 Å². The first kappa shape index (κ1) is 15.2. The Morgan fingerprint density at radius 1 is 0.824 bits per heavy atom. The SMILES string of the molecule is CCCCCCCCCCO[Si]1(C)CCCC1. The Bertz CT molecular complexity index is 176. The summed E-state index contributed by atoms with van der Waals surface area (Å²) in [7, 11) is -1.17. The van der Waals surface area contributed by atoms with Gasteiger partial charge in [-0.2, -0.15) is 0 Å². The first-order valence-corrected chi connectivity index (χ1v) is 10.7. The molecule has 0 amide bonds. The Kier molecular flexibility index (Phi) is 8.20. The van der Waals surface area contributed by atoms with Crippen LogP contribution in [-0.2, 0) is 4.43 Å². The van der Waals surface area contributed by atoms with E-state index in [2.05, 4.69) is 13.5 Å². The van der Waals surface area contributed by atoms with Crippen LogP contribution in [0.5, 0.6) is 0 Å². The maximum absolute atomic E-state index is 6.17. The molecular weight excluding hydrogens is 224 g/mol. The van der Waals surface area contributed by atoms with Gasteiger partial charge in [-0.3, -0.25) is 0 Å². The molecule has 0 aromatic carbocycles. The van der Waals surface area contributed by atoms with Crippen LogP contribution in [0.2, 0.25) is 18.6 Å². The summed E-state index contributed by atoms with van der Waals surface area (Å²) in [5.41, 5.74) is 0. The zero-order valence-electron chi connectivity index (χ0n) is 12.1. The Hall–Kier alpha value is 0.177. The average Bonchev–Trinajstić information content (AvgIpc) is 2.74. The van der Waals surface area contributed by atoms with E-state index in [0.29, 0.717) is 0 Å². The summed E-state index contributed by atoms with van der Waals surface area (Å²) >= 11 is 0. The van der Waals surface area contributed by atoms with Crippen LogP contribution < -0.4 is 0 Å². The topological polar surface area (TPSA) is 9.23 Å². The van der Waals surface area contributed by atoms with Crippen LogP contribution in [0.1, 0.15) is 71.1 Å². The summed E-state index contributed by atoms with van der Waals surface area (Å²) in [5.74, 6) is 0. The largest absolute Gasteiger partial charge is 0.417 e. The van der Waals surface area contributed by atoms with Gasteiger partial charge in [0.25, 0.3) is 0 Å². The standard InChI is InChI=1S/C15H32OSi/c1-3-4-5-6-7-8-9-10-13-16-17(2)14-11-12-15-17/h3-15H2,1-2H3. The molecule has 1 fully saturated rings. The molecule has 0 aromatic rings. The van der Waals surface area contributed by atoms with Crippen molar-refractivity contribution in [1.29, 1.82) is 0 Å². The number of hydrogen-bond acceptors (Lipinski definition) is 1. The number of unbranched alkanes of at least 4 members (excludes halogenated alkanes) is 7. The van der Waals surface area contributed by atoms with E-state index in [1.165, 1.54) is 76.3 Å². The summed E-state index contributed by atoms with van der Waals surface area (Å²) < 4.78 is 6.17. The molecule has 1 aliphatic heterocycles. The molecular formula is C15H32OSi. The van der Waals surface area contributed by atoms with Gasteiger partial charge in [-0.05, 0) is 25.1 Å². The molecule has 0 N–H and O–H groups in total. The number of rotatable bonds is 10. The van der Waals surface area contributed by atoms with Gasteiger partial charge in [-0.15, -0.1) is 0 Å². The van der Waals surface area contributed by atoms with E-state index < -0.39 is 8.32 Å². The third kappa shape index (κ3) is 7.25. The lowest BCUT2D eigenvalue weighted by Crippen LogP contribution is -2.30. The van der Waals surface area contributed by atoms with Crippen molar-refractivity contribution < 1.29 is 4.43 Å². The van der Waals surface area contributed by atoms with Crippen LogP contribution in [0.25, 0.3) is 0 Å². The minimum absolute atomic E-state index is 1.05. The summed E-state index contributed by atoms with van der Waals surface area (Å²) in [6, 6.07) is 2.84. The minimum Gasteiger partial charge on any atom is -0.417 e. The molecule has 0 unspecified atom stereocenters. The van der Waals surface area contributed by atoms with Gasteiger partial charge >= 0.3 is 0 Å². The summed E-state index contributed by atoms with van der Waals surface area (Å²) in [5, 5.41) is 0. The normalized spacial score (nSPS) is 18.7. The number of hydrogen-bond donors (Lipinski definition) is 0. The summed E-state index contributed by atoms with van der Waals surface area (Å²) in [4.78, 5) is 0. The lowest BCUT2D eigenvalue weighted by atomic mass is 10.1. The Balaban J connectivity index is 1.81. The van der Waals surface area contributed by atoms with Crippen LogP contribution >= 0.6 is 0 Å². The molecule has 1 heterocycles. The highest BCUT2D eigenvalue weighted by molar-refractivity contribution is 6.73. The third-order valence-corrected chi connectivity index (χ3v) is 7.83. The highest BCUT2D eigenvalue weighted by atomic mass is 28.4. The molecule has 0 spiro atoms. The van der Waals surface area contributed by atoms with Crippen LogP contribution in [0.3, 0.4) is 0 Å². The van der Waals surface area contributed by atoms with Gasteiger partial charge in [0.15, 0.2) is 8.32 Å². The highest BCUT2D eigenvalue weighted by Gasteiger charge is 2.32. The molecule has 1 nitrogen and oxygen atoms in total. The first-order valence-electron chi connectivity index (χ1n) is 7.91. The molecule has 17 heavy (non-hydrogen) atoms. The zero-order chi connectivity index (χ0) is 12.4. The van der Waals surface area contributed by atoms with Crippen LogP contribution in [0.15, 0.2) is 0 Å². The second kappa shape index (κ2) is 9.15. The van der Waals surface area contributed by atoms with Crippen LogP contribution in [-0.4, -0.2) is 14.9 Å². The van der Waals surface area contributed by atoms with Gasteiger partial charge in [-0.25, -0.2) is 0 Å². The van der Waals surface area contributed by atoms with Crippen molar-refractivity contribution in [2.24, 2.45) is 0 Å². The van der Waals surface area contributed by atoms with Gasteiger partial charge in [0, 0.05) is 6.61 Å². The van der Waals surface area contributed by atoms with E-state index in [1.807, 2.05) is 0 Å². The predicted molar refractivity (Wildman–Crippen MR) is 79.0 cm³/mol. The average molecular weight is 257 g/mol. The van der Waals surface area contributed by atoms with Gasteiger partial charge in [0.05, 0.1) is 0 Å². The van der Waals surface area contributed by atoms with Crippen molar-refractivity contribution in [3.63, 3.8) is 0 Å². The first-order chi connectivity index (χ1) is 8.27. The quantitative estimate of drug-likeness (QED) is 0.370. The Morgan fingerprint density at radius 2 is 1.35 bits per heavy atom. The fourth-order valence-electron chi connectivity index (χ4n) is 2.82. The summed E-state index contributed by atoms with van der Waals surface area (Å²) in [6.45, 7) is 5.77. The molecule has 1 saturated heterocycles. The molecule has 0 atom stereocenters. The van der Waals surface area contributed by atoms with E-state index in [9.17, 15) is 0 Å². The molecule has 0 saturated carbocycles. The maximum Gasteiger partial charge on any atom is 0.189 e. The lowest BCUT2D eigenvalue weighted by molar-refractivity contribution is 0.293. The van der Waals surface area contributed by atoms with Crippen LogP contribution in [0, 0.1) is 0 Å². The monoisotopic (exact) mass is 256 g/mol. The Labute approximate surface area is 109 Å². The van der Waals surface area contributed by atoms with Crippen molar-refractivity contribution in [1.82, 2.24) is 0 Å². The van der Waals surface area contributed by atoms with E-state index in [4.69, 9.17) is 4.43 Å². The molecule has 0 aliphatic carbocycles. The molecule has 1 rings (SSSR count). The molecule has 1 aliphatic rings. The van der Waals surface area contributed by atoms with E-state index in [-0.39, 0.29) is 0 Å². The maximum atomic E-state index is 6.17. The summed E-state index contributed by atoms with van der Waals surface area (Å²) in [6.07, 6.45) is 14.1. The Morgan fingerprint density at radius 3 is 1.94 bits per heavy atom. The smallest absolute Gasteiger partial charge is 0.189 e.